The molecule has 0 saturated carbocycles. The number of nitrogens with zero attached hydrogens (tertiary/aromatic N) is 2. The molecule has 0 bridgehead atoms. The predicted molar refractivity (Wildman–Crippen MR) is 211 cm³/mol. The highest BCUT2D eigenvalue weighted by molar-refractivity contribution is 6.16. The van der Waals surface area contributed by atoms with Crippen LogP contribution >= 0.6 is 0 Å². The highest BCUT2D eigenvalue weighted by atomic mass is 16.3. The van der Waals surface area contributed by atoms with E-state index in [0.29, 0.717) is 5.84 Å². The molecule has 0 amide bonds. The fourth-order valence-electron chi connectivity index (χ4n) is 7.38. The van der Waals surface area contributed by atoms with Crippen LogP contribution in [0, 0.1) is 0 Å². The molecule has 1 aromatic heterocycles. The van der Waals surface area contributed by atoms with Crippen molar-refractivity contribution >= 4 is 55.2 Å². The summed E-state index contributed by atoms with van der Waals surface area (Å²) < 4.78 is 6.71. The maximum absolute atomic E-state index is 6.71. The first kappa shape index (κ1) is 29.2. The van der Waals surface area contributed by atoms with Crippen LogP contribution in [0.4, 0.5) is 0 Å². The fourth-order valence-corrected chi connectivity index (χ4v) is 7.38. The molecule has 0 aliphatic carbocycles. The standard InChI is InChI=1S/C47H31N3O/c1-3-13-33(14-4-1)45-48-46(34-15-5-2-6-16-34)50-47(49-45)37-27-40(44-41-26-35-17-7-8-18-36(35)28-42(41)51-43(44)29-37)32-24-22-31(23-25-32)39-21-11-19-30-12-9-10-20-38(30)39/h1-29,47H,(H,48,49,50). The van der Waals surface area contributed by atoms with Crippen molar-refractivity contribution in [3.8, 4) is 22.3 Å². The van der Waals surface area contributed by atoms with Gasteiger partial charge >= 0.3 is 0 Å². The molecule has 1 atom stereocenters. The summed E-state index contributed by atoms with van der Waals surface area (Å²) in [5, 5.41) is 10.7. The third-order valence-electron chi connectivity index (χ3n) is 9.90. The molecule has 0 spiro atoms. The van der Waals surface area contributed by atoms with Crippen molar-refractivity contribution in [3.05, 3.63) is 193 Å². The molecule has 1 N–H and O–H groups in total. The molecular formula is C47H31N3O. The van der Waals surface area contributed by atoms with Gasteiger partial charge in [0.05, 0.1) is 0 Å². The second-order valence-corrected chi connectivity index (χ2v) is 13.0. The van der Waals surface area contributed by atoms with Crippen molar-refractivity contribution < 1.29 is 4.42 Å². The van der Waals surface area contributed by atoms with Crippen LogP contribution in [0.15, 0.2) is 190 Å². The predicted octanol–water partition coefficient (Wildman–Crippen LogP) is 11.7. The topological polar surface area (TPSA) is 49.9 Å². The summed E-state index contributed by atoms with van der Waals surface area (Å²) in [7, 11) is 0. The summed E-state index contributed by atoms with van der Waals surface area (Å²) >= 11 is 0. The number of rotatable bonds is 5. The van der Waals surface area contributed by atoms with Crippen molar-refractivity contribution in [1.29, 1.82) is 0 Å². The maximum atomic E-state index is 6.71. The van der Waals surface area contributed by atoms with Crippen molar-refractivity contribution in [2.45, 2.75) is 6.17 Å². The Morgan fingerprint density at radius 3 is 1.84 bits per heavy atom. The van der Waals surface area contributed by atoms with Crippen LogP contribution in [0.1, 0.15) is 22.9 Å². The summed E-state index contributed by atoms with van der Waals surface area (Å²) in [6.07, 6.45) is -0.390. The van der Waals surface area contributed by atoms with Gasteiger partial charge in [-0.05, 0) is 68.1 Å². The van der Waals surface area contributed by atoms with E-state index < -0.39 is 6.17 Å². The van der Waals surface area contributed by atoms with Gasteiger partial charge in [-0.1, -0.05) is 152 Å². The molecule has 4 heteroatoms. The zero-order valence-electron chi connectivity index (χ0n) is 27.6. The Bertz CT molecular complexity index is 2810. The van der Waals surface area contributed by atoms with Gasteiger partial charge in [-0.25, -0.2) is 9.98 Å². The monoisotopic (exact) mass is 653 g/mol. The third kappa shape index (κ3) is 5.17. The molecular weight excluding hydrogens is 623 g/mol. The summed E-state index contributed by atoms with van der Waals surface area (Å²) in [5.74, 6) is 1.47. The Hall–Kier alpha value is -6.78. The second kappa shape index (κ2) is 12.0. The second-order valence-electron chi connectivity index (χ2n) is 13.0. The van der Waals surface area contributed by atoms with Crippen LogP contribution in [0.2, 0.25) is 0 Å². The van der Waals surface area contributed by atoms with Crippen molar-refractivity contribution in [1.82, 2.24) is 5.32 Å². The van der Waals surface area contributed by atoms with E-state index >= 15 is 0 Å². The molecule has 51 heavy (non-hydrogen) atoms. The SMILES string of the molecule is c1ccc(C2=NC(c3cc(-c4ccc(-c5cccc6ccccc56)cc4)c4c(c3)oc3cc5ccccc5cc34)NC(c3ccccc3)=N2)cc1. The van der Waals surface area contributed by atoms with Gasteiger partial charge in [0.2, 0.25) is 0 Å². The first-order chi connectivity index (χ1) is 25.2. The minimum Gasteiger partial charge on any atom is -0.456 e. The highest BCUT2D eigenvalue weighted by Gasteiger charge is 2.24. The Morgan fingerprint density at radius 1 is 0.451 bits per heavy atom. The Kier molecular flexibility index (Phi) is 6.85. The van der Waals surface area contributed by atoms with Gasteiger partial charge in [0.15, 0.2) is 5.84 Å². The summed E-state index contributed by atoms with van der Waals surface area (Å²) in [6.45, 7) is 0. The number of hydrogen-bond acceptors (Lipinski definition) is 4. The summed E-state index contributed by atoms with van der Waals surface area (Å²) in [6, 6.07) is 61.7. The van der Waals surface area contributed by atoms with Gasteiger partial charge in [-0.2, -0.15) is 0 Å². The van der Waals surface area contributed by atoms with E-state index in [-0.39, 0.29) is 0 Å². The quantitative estimate of drug-likeness (QED) is 0.201. The molecule has 2 heterocycles. The van der Waals surface area contributed by atoms with Crippen molar-refractivity contribution in [2.75, 3.05) is 0 Å². The van der Waals surface area contributed by atoms with E-state index in [0.717, 1.165) is 61.0 Å². The van der Waals surface area contributed by atoms with E-state index in [4.69, 9.17) is 14.4 Å². The van der Waals surface area contributed by atoms with Gasteiger partial charge < -0.3 is 9.73 Å². The first-order valence-electron chi connectivity index (χ1n) is 17.3. The van der Waals surface area contributed by atoms with E-state index in [1.807, 2.05) is 36.4 Å². The van der Waals surface area contributed by atoms with E-state index in [2.05, 4.69) is 145 Å². The highest BCUT2D eigenvalue weighted by Crippen LogP contribution is 2.41. The number of aliphatic imine (C=N–C) groups is 2. The Morgan fingerprint density at radius 2 is 1.08 bits per heavy atom. The lowest BCUT2D eigenvalue weighted by Gasteiger charge is -2.24. The molecule has 1 aliphatic heterocycles. The number of benzene rings is 8. The maximum Gasteiger partial charge on any atom is 0.159 e. The fraction of sp³-hybridized carbons (Fsp3) is 0.0213. The van der Waals surface area contributed by atoms with Crippen LogP contribution < -0.4 is 5.32 Å². The number of fused-ring (bicyclic) bond motifs is 5. The molecule has 0 radical (unpaired) electrons. The minimum absolute atomic E-state index is 0.390. The zero-order valence-corrected chi connectivity index (χ0v) is 27.6. The van der Waals surface area contributed by atoms with E-state index in [9.17, 15) is 0 Å². The average molecular weight is 654 g/mol. The van der Waals surface area contributed by atoms with Crippen LogP contribution in [0.25, 0.3) is 65.7 Å². The molecule has 8 aromatic carbocycles. The van der Waals surface area contributed by atoms with Crippen LogP contribution in [0.5, 0.6) is 0 Å². The Labute approximate surface area is 295 Å². The number of furan rings is 1. The van der Waals surface area contributed by atoms with Crippen molar-refractivity contribution in [3.63, 3.8) is 0 Å². The molecule has 1 unspecified atom stereocenters. The van der Waals surface area contributed by atoms with Crippen LogP contribution in [-0.2, 0) is 0 Å². The molecule has 0 saturated heterocycles. The lowest BCUT2D eigenvalue weighted by atomic mass is 9.93. The van der Waals surface area contributed by atoms with Gasteiger partial charge in [0.1, 0.15) is 23.2 Å². The lowest BCUT2D eigenvalue weighted by Crippen LogP contribution is -2.33. The number of hydrogen-bond donors (Lipinski definition) is 1. The first-order valence-corrected chi connectivity index (χ1v) is 17.3. The number of nitrogens with one attached hydrogen (secondary N) is 1. The van der Waals surface area contributed by atoms with E-state index in [1.54, 1.807) is 0 Å². The van der Waals surface area contributed by atoms with Crippen molar-refractivity contribution in [2.24, 2.45) is 9.98 Å². The smallest absolute Gasteiger partial charge is 0.159 e. The van der Waals surface area contributed by atoms with Gasteiger partial charge in [-0.3, -0.25) is 0 Å². The summed E-state index contributed by atoms with van der Waals surface area (Å²) in [4.78, 5) is 10.2. The average Bonchev–Trinajstić information content (AvgIpc) is 3.57. The molecule has 10 rings (SSSR count). The third-order valence-corrected chi connectivity index (χ3v) is 9.90. The lowest BCUT2D eigenvalue weighted by molar-refractivity contribution is 0.655. The molecule has 0 fully saturated rings. The molecule has 240 valence electrons. The zero-order chi connectivity index (χ0) is 33.7. The molecule has 1 aliphatic rings. The van der Waals surface area contributed by atoms with Crippen LogP contribution in [-0.4, -0.2) is 11.7 Å². The van der Waals surface area contributed by atoms with Gasteiger partial charge in [0.25, 0.3) is 0 Å². The normalized spacial score (nSPS) is 14.5. The minimum atomic E-state index is -0.390. The number of amidine groups is 2. The largest absolute Gasteiger partial charge is 0.456 e. The molecule has 4 nitrogen and oxygen atoms in total. The molecule has 9 aromatic rings. The van der Waals surface area contributed by atoms with Gasteiger partial charge in [0, 0.05) is 27.5 Å². The summed E-state index contributed by atoms with van der Waals surface area (Å²) in [5.41, 5.74) is 9.28. The van der Waals surface area contributed by atoms with E-state index in [1.165, 1.54) is 27.3 Å². The van der Waals surface area contributed by atoms with Crippen LogP contribution in [0.3, 0.4) is 0 Å². The van der Waals surface area contributed by atoms with Gasteiger partial charge in [-0.15, -0.1) is 0 Å². The Balaban J connectivity index is 1.17.